The van der Waals surface area contributed by atoms with Crippen LogP contribution in [0, 0.1) is 5.92 Å². The van der Waals surface area contributed by atoms with Crippen LogP contribution >= 0.6 is 0 Å². The summed E-state index contributed by atoms with van der Waals surface area (Å²) in [6.07, 6.45) is -4.36. The number of carboxylic acid groups (broad SMARTS) is 1. The Hall–Kier alpha value is -2.18. The quantitative estimate of drug-likeness (QED) is 0.558. The van der Waals surface area contributed by atoms with Crippen molar-refractivity contribution in [3.05, 3.63) is 29.8 Å². The molecule has 1 aliphatic rings. The van der Waals surface area contributed by atoms with E-state index < -0.39 is 22.2 Å². The van der Waals surface area contributed by atoms with Crippen LogP contribution in [-0.4, -0.2) is 80.1 Å². The second kappa shape index (κ2) is 13.1. The highest BCUT2D eigenvalue weighted by Gasteiger charge is 2.38. The third kappa shape index (κ3) is 9.59. The van der Waals surface area contributed by atoms with Gasteiger partial charge in [0, 0.05) is 32.7 Å². The van der Waals surface area contributed by atoms with E-state index in [4.69, 9.17) is 9.90 Å². The summed E-state index contributed by atoms with van der Waals surface area (Å²) in [5.74, 6) is -2.18. The number of hydrogen-bond donors (Lipinski definition) is 2. The highest BCUT2D eigenvalue weighted by Crippen LogP contribution is 2.21. The molecule has 1 aliphatic heterocycles. The van der Waals surface area contributed by atoms with Gasteiger partial charge in [-0.25, -0.2) is 13.2 Å². The Morgan fingerprint density at radius 2 is 1.59 bits per heavy atom. The maximum atomic E-state index is 13.2. The number of piperazine rings is 1. The molecule has 0 unspecified atom stereocenters. The molecule has 0 aromatic heterocycles. The molecule has 8 nitrogen and oxygen atoms in total. The smallest absolute Gasteiger partial charge is 0.475 e. The molecular weight excluding hydrogens is 475 g/mol. The zero-order valence-electron chi connectivity index (χ0n) is 19.9. The average molecular weight is 510 g/mol. The van der Waals surface area contributed by atoms with Crippen molar-refractivity contribution < 1.29 is 36.3 Å². The Morgan fingerprint density at radius 1 is 1.09 bits per heavy atom. The van der Waals surface area contributed by atoms with Gasteiger partial charge in [0.15, 0.2) is 0 Å². The molecule has 1 heterocycles. The van der Waals surface area contributed by atoms with Crippen molar-refractivity contribution >= 4 is 21.9 Å². The van der Waals surface area contributed by atoms with E-state index in [0.717, 1.165) is 25.1 Å². The Labute approximate surface area is 199 Å². The first-order chi connectivity index (χ1) is 15.7. The largest absolute Gasteiger partial charge is 0.490 e. The van der Waals surface area contributed by atoms with Crippen molar-refractivity contribution in [3.63, 3.8) is 0 Å². The summed E-state index contributed by atoms with van der Waals surface area (Å²) >= 11 is 0. The van der Waals surface area contributed by atoms with E-state index in [-0.39, 0.29) is 17.3 Å². The third-order valence-electron chi connectivity index (χ3n) is 5.16. The molecule has 12 heteroatoms. The number of halogens is 3. The van der Waals surface area contributed by atoms with Crippen LogP contribution < -0.4 is 5.32 Å². The van der Waals surface area contributed by atoms with Crippen LogP contribution in [-0.2, 0) is 19.6 Å². The molecular formula is C22H34F3N3O5S. The van der Waals surface area contributed by atoms with Crippen LogP contribution in [0.2, 0.25) is 0 Å². The van der Waals surface area contributed by atoms with E-state index in [2.05, 4.69) is 33.0 Å². The van der Waals surface area contributed by atoms with Gasteiger partial charge in [0.2, 0.25) is 15.9 Å². The van der Waals surface area contributed by atoms with Crippen molar-refractivity contribution in [2.24, 2.45) is 5.92 Å². The number of carbonyl (C=O) groups excluding carboxylic acids is 1. The minimum absolute atomic E-state index is 0.0962. The molecule has 2 rings (SSSR count). The zero-order chi connectivity index (χ0) is 26.1. The van der Waals surface area contributed by atoms with E-state index in [1.807, 2.05) is 12.1 Å². The number of nitrogens with one attached hydrogen (secondary N) is 1. The molecule has 0 bridgehead atoms. The minimum atomic E-state index is -5.08. The number of sulfonamides is 1. The molecule has 34 heavy (non-hydrogen) atoms. The number of hydrogen-bond acceptors (Lipinski definition) is 5. The van der Waals surface area contributed by atoms with E-state index in [0.29, 0.717) is 31.5 Å². The summed E-state index contributed by atoms with van der Waals surface area (Å²) < 4.78 is 59.5. The lowest BCUT2D eigenvalue weighted by Gasteiger charge is -2.30. The monoisotopic (exact) mass is 509 g/mol. The maximum Gasteiger partial charge on any atom is 0.490 e. The van der Waals surface area contributed by atoms with Gasteiger partial charge < -0.3 is 15.3 Å². The zero-order valence-corrected chi connectivity index (χ0v) is 20.7. The molecule has 0 spiro atoms. The fraction of sp³-hybridized carbons (Fsp3) is 0.636. The van der Waals surface area contributed by atoms with E-state index in [1.54, 1.807) is 17.0 Å². The third-order valence-corrected chi connectivity index (χ3v) is 7.02. The first-order valence-corrected chi connectivity index (χ1v) is 12.5. The Morgan fingerprint density at radius 3 is 2.00 bits per heavy atom. The van der Waals surface area contributed by atoms with Crippen molar-refractivity contribution in [1.82, 2.24) is 14.5 Å². The van der Waals surface area contributed by atoms with Crippen LogP contribution in [0.1, 0.15) is 45.6 Å². The van der Waals surface area contributed by atoms with Crippen LogP contribution in [0.5, 0.6) is 0 Å². The summed E-state index contributed by atoms with van der Waals surface area (Å²) in [4.78, 5) is 23.6. The first kappa shape index (κ1) is 29.9. The van der Waals surface area contributed by atoms with Crippen LogP contribution in [0.3, 0.4) is 0 Å². The van der Waals surface area contributed by atoms with E-state index in [9.17, 15) is 26.4 Å². The van der Waals surface area contributed by atoms with Gasteiger partial charge in [0.1, 0.15) is 0 Å². The standard InChI is InChI=1S/C20H33N3O3S.C2HF3O2/c1-16(2)9-12-23(15-20(24)22-13-10-21-11-14-22)27(25,26)19-7-5-18(6-8-19)17(3)4;3-2(4,5)1(6)7/h5-8,16-17,21H,9-15H2,1-4H3;(H,6,7). The lowest BCUT2D eigenvalue weighted by Crippen LogP contribution is -2.50. The highest BCUT2D eigenvalue weighted by molar-refractivity contribution is 7.89. The van der Waals surface area contributed by atoms with E-state index in [1.165, 1.54) is 4.31 Å². The maximum absolute atomic E-state index is 13.2. The topological polar surface area (TPSA) is 107 Å². The number of nitrogens with zero attached hydrogens (tertiary/aromatic N) is 2. The number of aliphatic carboxylic acids is 1. The van der Waals surface area contributed by atoms with Gasteiger partial charge in [-0.15, -0.1) is 0 Å². The normalized spacial score (nSPS) is 14.8. The number of benzene rings is 1. The van der Waals surface area contributed by atoms with Crippen molar-refractivity contribution in [2.75, 3.05) is 39.3 Å². The average Bonchev–Trinajstić information content (AvgIpc) is 2.76. The van der Waals surface area contributed by atoms with Crippen LogP contribution in [0.25, 0.3) is 0 Å². The first-order valence-electron chi connectivity index (χ1n) is 11.0. The van der Waals surface area contributed by atoms with Crippen molar-refractivity contribution in [2.45, 2.75) is 51.1 Å². The predicted octanol–water partition coefficient (Wildman–Crippen LogP) is 2.91. The summed E-state index contributed by atoms with van der Waals surface area (Å²) in [6, 6.07) is 7.03. The molecule has 1 aromatic rings. The number of alkyl halides is 3. The van der Waals surface area contributed by atoms with Crippen LogP contribution in [0.4, 0.5) is 13.2 Å². The summed E-state index contributed by atoms with van der Waals surface area (Å²) in [5, 5.41) is 10.3. The van der Waals surface area contributed by atoms with Gasteiger partial charge in [-0.1, -0.05) is 39.8 Å². The molecule has 0 radical (unpaired) electrons. The number of carboxylic acids is 1. The number of amides is 1. The van der Waals surface area contributed by atoms with Gasteiger partial charge >= 0.3 is 12.1 Å². The molecule has 0 aliphatic carbocycles. The van der Waals surface area contributed by atoms with Gasteiger partial charge in [0.05, 0.1) is 11.4 Å². The Kier molecular flexibility index (Phi) is 11.5. The lowest BCUT2D eigenvalue weighted by atomic mass is 10.0. The lowest BCUT2D eigenvalue weighted by molar-refractivity contribution is -0.192. The molecule has 1 aromatic carbocycles. The minimum Gasteiger partial charge on any atom is -0.475 e. The van der Waals surface area contributed by atoms with Gasteiger partial charge in [-0.3, -0.25) is 4.79 Å². The van der Waals surface area contributed by atoms with Gasteiger partial charge in [-0.2, -0.15) is 17.5 Å². The predicted molar refractivity (Wildman–Crippen MR) is 122 cm³/mol. The summed E-state index contributed by atoms with van der Waals surface area (Å²) in [5.41, 5.74) is 1.10. The molecule has 194 valence electrons. The summed E-state index contributed by atoms with van der Waals surface area (Å²) in [6.45, 7) is 11.3. The van der Waals surface area contributed by atoms with Gasteiger partial charge in [0.25, 0.3) is 0 Å². The number of carbonyl (C=O) groups is 2. The highest BCUT2D eigenvalue weighted by atomic mass is 32.2. The number of rotatable bonds is 8. The van der Waals surface area contributed by atoms with Crippen molar-refractivity contribution in [3.8, 4) is 0 Å². The molecule has 2 N–H and O–H groups in total. The molecule has 0 saturated carbocycles. The Bertz CT molecular complexity index is 897. The van der Waals surface area contributed by atoms with Crippen LogP contribution in [0.15, 0.2) is 29.2 Å². The molecule has 1 amide bonds. The Balaban J connectivity index is 0.000000718. The summed E-state index contributed by atoms with van der Waals surface area (Å²) in [7, 11) is -3.70. The molecule has 1 fully saturated rings. The fourth-order valence-electron chi connectivity index (χ4n) is 3.03. The molecule has 1 saturated heterocycles. The van der Waals surface area contributed by atoms with Crippen molar-refractivity contribution in [1.29, 1.82) is 0 Å². The SMILES string of the molecule is CC(C)CCN(CC(=O)N1CCNCC1)S(=O)(=O)c1ccc(C(C)C)cc1.O=C(O)C(F)(F)F. The van der Waals surface area contributed by atoms with Gasteiger partial charge in [-0.05, 0) is 36.0 Å². The fourth-order valence-corrected chi connectivity index (χ4v) is 4.43. The second-order valence-electron chi connectivity index (χ2n) is 8.68. The second-order valence-corrected chi connectivity index (χ2v) is 10.6. The molecule has 0 atom stereocenters. The van der Waals surface area contributed by atoms with E-state index >= 15 is 0 Å².